The number of anilines is 2. The van der Waals surface area contributed by atoms with E-state index in [0.717, 1.165) is 64.1 Å². The quantitative estimate of drug-likeness (QED) is 0.707. The van der Waals surface area contributed by atoms with Gasteiger partial charge < -0.3 is 19.3 Å². The highest BCUT2D eigenvalue weighted by Crippen LogP contribution is 2.20. The van der Waals surface area contributed by atoms with Gasteiger partial charge in [0.2, 0.25) is 0 Å². The predicted molar refractivity (Wildman–Crippen MR) is 94.9 cm³/mol. The lowest BCUT2D eigenvalue weighted by molar-refractivity contribution is -0.149. The van der Waals surface area contributed by atoms with E-state index in [2.05, 4.69) is 30.7 Å². The summed E-state index contributed by atoms with van der Waals surface area (Å²) < 4.78 is 10.5. The van der Waals surface area contributed by atoms with Gasteiger partial charge in [0.1, 0.15) is 24.0 Å². The van der Waals surface area contributed by atoms with E-state index in [4.69, 9.17) is 9.47 Å². The van der Waals surface area contributed by atoms with Gasteiger partial charge in [-0.05, 0) is 13.8 Å². The SMILES string of the molecule is CCOC(=O)[C@H](C)N1CCN(c2cc(N3CCOCC3)ncn2)CC1. The molecule has 0 spiro atoms. The van der Waals surface area contributed by atoms with E-state index in [1.54, 1.807) is 6.33 Å². The first-order valence-electron chi connectivity index (χ1n) is 8.99. The summed E-state index contributed by atoms with van der Waals surface area (Å²) in [6.45, 7) is 10.7. The fourth-order valence-corrected chi connectivity index (χ4v) is 3.23. The molecule has 25 heavy (non-hydrogen) atoms. The van der Waals surface area contributed by atoms with Crippen LogP contribution in [0.25, 0.3) is 0 Å². The molecule has 0 N–H and O–H groups in total. The number of carbonyl (C=O) groups is 1. The minimum Gasteiger partial charge on any atom is -0.465 e. The third-order valence-corrected chi connectivity index (χ3v) is 4.79. The van der Waals surface area contributed by atoms with E-state index < -0.39 is 0 Å². The minimum absolute atomic E-state index is 0.146. The Morgan fingerprint density at radius 3 is 2.32 bits per heavy atom. The zero-order valence-electron chi connectivity index (χ0n) is 15.1. The Balaban J connectivity index is 1.58. The van der Waals surface area contributed by atoms with Crippen molar-refractivity contribution in [1.82, 2.24) is 14.9 Å². The van der Waals surface area contributed by atoms with Crippen LogP contribution >= 0.6 is 0 Å². The first-order valence-corrected chi connectivity index (χ1v) is 8.99. The number of ether oxygens (including phenoxy) is 2. The lowest BCUT2D eigenvalue weighted by atomic mass is 10.2. The fourth-order valence-electron chi connectivity index (χ4n) is 3.23. The van der Waals surface area contributed by atoms with Gasteiger partial charge in [0.05, 0.1) is 19.8 Å². The molecule has 8 heteroatoms. The van der Waals surface area contributed by atoms with Gasteiger partial charge >= 0.3 is 5.97 Å². The summed E-state index contributed by atoms with van der Waals surface area (Å²) in [6.07, 6.45) is 1.63. The second-order valence-corrected chi connectivity index (χ2v) is 6.28. The Kier molecular flexibility index (Phi) is 6.04. The predicted octanol–water partition coefficient (Wildman–Crippen LogP) is 0.387. The Labute approximate surface area is 148 Å². The van der Waals surface area contributed by atoms with Gasteiger partial charge in [-0.25, -0.2) is 9.97 Å². The maximum absolute atomic E-state index is 11.9. The summed E-state index contributed by atoms with van der Waals surface area (Å²) >= 11 is 0. The van der Waals surface area contributed by atoms with Crippen LogP contribution < -0.4 is 9.80 Å². The maximum atomic E-state index is 11.9. The average Bonchev–Trinajstić information content (AvgIpc) is 2.68. The van der Waals surface area contributed by atoms with Crippen LogP contribution in [0.4, 0.5) is 11.6 Å². The van der Waals surface area contributed by atoms with Crippen molar-refractivity contribution in [2.45, 2.75) is 19.9 Å². The molecule has 3 heterocycles. The first-order chi connectivity index (χ1) is 12.2. The smallest absolute Gasteiger partial charge is 0.323 e. The molecule has 8 nitrogen and oxygen atoms in total. The number of morpholine rings is 1. The lowest BCUT2D eigenvalue weighted by Crippen LogP contribution is -2.52. The molecule has 0 saturated carbocycles. The van der Waals surface area contributed by atoms with Crippen LogP contribution in [-0.2, 0) is 14.3 Å². The number of esters is 1. The van der Waals surface area contributed by atoms with E-state index in [9.17, 15) is 4.79 Å². The van der Waals surface area contributed by atoms with Gasteiger partial charge in [-0.3, -0.25) is 9.69 Å². The lowest BCUT2D eigenvalue weighted by Gasteiger charge is -2.37. The third-order valence-electron chi connectivity index (χ3n) is 4.79. The van der Waals surface area contributed by atoms with Crippen LogP contribution in [0.15, 0.2) is 12.4 Å². The first kappa shape index (κ1) is 17.9. The van der Waals surface area contributed by atoms with E-state index in [0.29, 0.717) is 6.61 Å². The van der Waals surface area contributed by atoms with Crippen LogP contribution in [0.5, 0.6) is 0 Å². The van der Waals surface area contributed by atoms with Crippen LogP contribution in [-0.4, -0.2) is 86.0 Å². The molecule has 2 saturated heterocycles. The zero-order valence-corrected chi connectivity index (χ0v) is 15.1. The molecule has 0 unspecified atom stereocenters. The highest BCUT2D eigenvalue weighted by Gasteiger charge is 2.27. The summed E-state index contributed by atoms with van der Waals surface area (Å²) in [5.74, 6) is 1.75. The van der Waals surface area contributed by atoms with Crippen LogP contribution in [0, 0.1) is 0 Å². The number of nitrogens with zero attached hydrogens (tertiary/aromatic N) is 5. The van der Waals surface area contributed by atoms with Crippen molar-refractivity contribution in [3.63, 3.8) is 0 Å². The van der Waals surface area contributed by atoms with Crippen LogP contribution in [0.1, 0.15) is 13.8 Å². The molecule has 0 aliphatic carbocycles. The Hall–Kier alpha value is -1.93. The van der Waals surface area contributed by atoms with Crippen molar-refractivity contribution >= 4 is 17.6 Å². The molecule has 0 aromatic carbocycles. The summed E-state index contributed by atoms with van der Waals surface area (Å²) in [6, 6.07) is 1.85. The number of rotatable bonds is 5. The summed E-state index contributed by atoms with van der Waals surface area (Å²) in [4.78, 5) is 27.4. The highest BCUT2D eigenvalue weighted by molar-refractivity contribution is 5.75. The minimum atomic E-state index is -0.198. The molecule has 2 fully saturated rings. The molecule has 1 aromatic rings. The van der Waals surface area contributed by atoms with E-state index in [1.807, 2.05) is 13.8 Å². The maximum Gasteiger partial charge on any atom is 0.323 e. The molecule has 0 bridgehead atoms. The topological polar surface area (TPSA) is 71.0 Å². The van der Waals surface area contributed by atoms with Crippen molar-refractivity contribution < 1.29 is 14.3 Å². The van der Waals surface area contributed by atoms with Gasteiger partial charge in [-0.2, -0.15) is 0 Å². The number of carbonyl (C=O) groups excluding carboxylic acids is 1. The molecule has 1 atom stereocenters. The van der Waals surface area contributed by atoms with Gasteiger partial charge in [-0.1, -0.05) is 0 Å². The molecular weight excluding hydrogens is 322 g/mol. The van der Waals surface area contributed by atoms with E-state index in [-0.39, 0.29) is 12.0 Å². The number of hydrogen-bond donors (Lipinski definition) is 0. The van der Waals surface area contributed by atoms with Crippen molar-refractivity contribution in [2.24, 2.45) is 0 Å². The van der Waals surface area contributed by atoms with Gasteiger partial charge in [-0.15, -0.1) is 0 Å². The van der Waals surface area contributed by atoms with E-state index >= 15 is 0 Å². The standard InChI is InChI=1S/C17H27N5O3/c1-3-25-17(23)14(2)20-4-6-21(7-5-20)15-12-16(19-13-18-15)22-8-10-24-11-9-22/h12-14H,3-11H2,1-2H3/t14-/m0/s1. The highest BCUT2D eigenvalue weighted by atomic mass is 16.5. The Morgan fingerprint density at radius 2 is 1.72 bits per heavy atom. The number of piperazine rings is 1. The molecule has 3 rings (SSSR count). The fraction of sp³-hybridized carbons (Fsp3) is 0.706. The molecule has 0 amide bonds. The summed E-state index contributed by atoms with van der Waals surface area (Å²) in [5, 5.41) is 0. The monoisotopic (exact) mass is 349 g/mol. The number of hydrogen-bond acceptors (Lipinski definition) is 8. The van der Waals surface area contributed by atoms with Crippen molar-refractivity contribution in [3.8, 4) is 0 Å². The molecular formula is C17H27N5O3. The molecule has 1 aromatic heterocycles. The zero-order chi connectivity index (χ0) is 17.6. The van der Waals surface area contributed by atoms with Crippen molar-refractivity contribution in [3.05, 3.63) is 12.4 Å². The number of aromatic nitrogens is 2. The molecule has 0 radical (unpaired) electrons. The Morgan fingerprint density at radius 1 is 1.12 bits per heavy atom. The summed E-state index contributed by atoms with van der Waals surface area (Å²) in [5.41, 5.74) is 0. The second kappa shape index (κ2) is 8.44. The van der Waals surface area contributed by atoms with Gasteiger partial charge in [0.25, 0.3) is 0 Å². The van der Waals surface area contributed by atoms with Gasteiger partial charge in [0, 0.05) is 45.3 Å². The van der Waals surface area contributed by atoms with Crippen LogP contribution in [0.2, 0.25) is 0 Å². The van der Waals surface area contributed by atoms with Crippen molar-refractivity contribution in [2.75, 3.05) is 68.9 Å². The third kappa shape index (κ3) is 4.38. The second-order valence-electron chi connectivity index (χ2n) is 6.28. The normalized spacial score (nSPS) is 20.4. The summed E-state index contributed by atoms with van der Waals surface area (Å²) in [7, 11) is 0. The van der Waals surface area contributed by atoms with E-state index in [1.165, 1.54) is 0 Å². The molecule has 2 aliphatic rings. The largest absolute Gasteiger partial charge is 0.465 e. The van der Waals surface area contributed by atoms with Crippen LogP contribution in [0.3, 0.4) is 0 Å². The van der Waals surface area contributed by atoms with Crippen molar-refractivity contribution in [1.29, 1.82) is 0 Å². The molecule has 138 valence electrons. The molecule has 2 aliphatic heterocycles. The Bertz CT molecular complexity index is 571. The average molecular weight is 349 g/mol. The van der Waals surface area contributed by atoms with Gasteiger partial charge in [0.15, 0.2) is 0 Å².